The molecule has 1 aromatic carbocycles. The first kappa shape index (κ1) is 21.0. The third kappa shape index (κ3) is 4.59. The summed E-state index contributed by atoms with van der Waals surface area (Å²) in [6.45, 7) is 5.98. The van der Waals surface area contributed by atoms with Gasteiger partial charge >= 0.3 is 0 Å². The zero-order valence-electron chi connectivity index (χ0n) is 18.0. The lowest BCUT2D eigenvalue weighted by Gasteiger charge is -2.32. The molecule has 8 nitrogen and oxygen atoms in total. The van der Waals surface area contributed by atoms with E-state index in [2.05, 4.69) is 24.3 Å². The van der Waals surface area contributed by atoms with Crippen LogP contribution in [-0.4, -0.2) is 57.7 Å². The molecule has 1 atom stereocenters. The molecule has 4 rings (SSSR count). The summed E-state index contributed by atoms with van der Waals surface area (Å²) in [4.78, 5) is 32.3. The fourth-order valence-electron chi connectivity index (χ4n) is 3.67. The average Bonchev–Trinajstić information content (AvgIpc) is 3.22. The summed E-state index contributed by atoms with van der Waals surface area (Å²) >= 11 is 0. The van der Waals surface area contributed by atoms with E-state index in [1.807, 2.05) is 24.3 Å². The van der Waals surface area contributed by atoms with Crippen LogP contribution in [-0.2, 0) is 11.8 Å². The van der Waals surface area contributed by atoms with Gasteiger partial charge in [-0.05, 0) is 18.1 Å². The van der Waals surface area contributed by atoms with E-state index in [4.69, 9.17) is 9.72 Å². The van der Waals surface area contributed by atoms with E-state index in [1.54, 1.807) is 35.1 Å². The maximum Gasteiger partial charge on any atom is 0.257 e. The number of nitrogens with zero attached hydrogens (tertiary/aromatic N) is 4. The highest BCUT2D eigenvalue weighted by Gasteiger charge is 2.28. The molecule has 0 radical (unpaired) electrons. The Labute approximate surface area is 181 Å². The van der Waals surface area contributed by atoms with Gasteiger partial charge in [0.25, 0.3) is 11.8 Å². The lowest BCUT2D eigenvalue weighted by molar-refractivity contribution is -0.0246. The third-order valence-corrected chi connectivity index (χ3v) is 5.29. The van der Waals surface area contributed by atoms with Crippen molar-refractivity contribution in [2.75, 3.05) is 26.2 Å². The first-order valence-electron chi connectivity index (χ1n) is 10.5. The molecule has 0 spiro atoms. The predicted molar refractivity (Wildman–Crippen MR) is 117 cm³/mol. The second kappa shape index (κ2) is 8.85. The number of carbonyl (C=O) groups excluding carboxylic acids is 2. The highest BCUT2D eigenvalue weighted by molar-refractivity contribution is 6.06. The molecule has 0 aliphatic carbocycles. The maximum atomic E-state index is 12.9. The summed E-state index contributed by atoms with van der Waals surface area (Å²) in [6.07, 6.45) is 2.87. The van der Waals surface area contributed by atoms with Crippen molar-refractivity contribution < 1.29 is 14.3 Å². The van der Waals surface area contributed by atoms with E-state index in [0.717, 1.165) is 10.9 Å². The minimum atomic E-state index is -0.407. The van der Waals surface area contributed by atoms with Crippen molar-refractivity contribution in [2.24, 2.45) is 13.0 Å². The van der Waals surface area contributed by atoms with Crippen LogP contribution in [0.5, 0.6) is 0 Å². The fourth-order valence-corrected chi connectivity index (χ4v) is 3.67. The number of pyridine rings is 1. The van der Waals surface area contributed by atoms with Crippen LogP contribution >= 0.6 is 0 Å². The molecule has 1 fully saturated rings. The predicted octanol–water partition coefficient (Wildman–Crippen LogP) is 2.57. The number of para-hydroxylation sites is 1. The Morgan fingerprint density at radius 1 is 1.29 bits per heavy atom. The van der Waals surface area contributed by atoms with Crippen LogP contribution < -0.4 is 5.32 Å². The van der Waals surface area contributed by atoms with Crippen molar-refractivity contribution in [3.63, 3.8) is 0 Å². The van der Waals surface area contributed by atoms with Gasteiger partial charge in [0.15, 0.2) is 0 Å². The van der Waals surface area contributed by atoms with E-state index < -0.39 is 6.10 Å². The van der Waals surface area contributed by atoms with Crippen molar-refractivity contribution in [1.29, 1.82) is 0 Å². The first-order valence-corrected chi connectivity index (χ1v) is 10.5. The minimum Gasteiger partial charge on any atom is -0.368 e. The summed E-state index contributed by atoms with van der Waals surface area (Å²) < 4.78 is 7.57. The largest absolute Gasteiger partial charge is 0.368 e. The lowest BCUT2D eigenvalue weighted by Crippen LogP contribution is -2.42. The quantitative estimate of drug-likeness (QED) is 0.684. The molecule has 0 saturated carbocycles. The van der Waals surface area contributed by atoms with Gasteiger partial charge in [-0.3, -0.25) is 14.3 Å². The first-order chi connectivity index (χ1) is 14.9. The monoisotopic (exact) mass is 421 g/mol. The molecule has 1 aliphatic rings. The Morgan fingerprint density at radius 3 is 2.84 bits per heavy atom. The number of carbonyl (C=O) groups is 2. The highest BCUT2D eigenvalue weighted by Crippen LogP contribution is 2.26. The summed E-state index contributed by atoms with van der Waals surface area (Å²) in [5.41, 5.74) is 2.50. The van der Waals surface area contributed by atoms with E-state index in [0.29, 0.717) is 49.0 Å². The van der Waals surface area contributed by atoms with Crippen LogP contribution in [0, 0.1) is 5.92 Å². The van der Waals surface area contributed by atoms with Gasteiger partial charge in [-0.25, -0.2) is 4.98 Å². The van der Waals surface area contributed by atoms with Gasteiger partial charge < -0.3 is 15.0 Å². The summed E-state index contributed by atoms with van der Waals surface area (Å²) in [5.74, 6) is 0.134. The number of fused-ring (bicyclic) bond motifs is 1. The van der Waals surface area contributed by atoms with E-state index in [-0.39, 0.29) is 11.8 Å². The molecule has 3 heterocycles. The van der Waals surface area contributed by atoms with Gasteiger partial charge in [0.2, 0.25) is 0 Å². The second-order valence-corrected chi connectivity index (χ2v) is 8.23. The van der Waals surface area contributed by atoms with Crippen molar-refractivity contribution in [3.8, 4) is 0 Å². The topological polar surface area (TPSA) is 89.4 Å². The van der Waals surface area contributed by atoms with Crippen molar-refractivity contribution >= 4 is 22.7 Å². The number of rotatable bonds is 5. The second-order valence-electron chi connectivity index (χ2n) is 8.23. The summed E-state index contributed by atoms with van der Waals surface area (Å²) in [5, 5.41) is 7.87. The van der Waals surface area contributed by atoms with E-state index >= 15 is 0 Å². The molecule has 31 heavy (non-hydrogen) atoms. The molecule has 1 saturated heterocycles. The molecule has 8 heteroatoms. The number of nitrogens with one attached hydrogen (secondary N) is 1. The molecule has 0 bridgehead atoms. The molecular formula is C23H27N5O3. The molecule has 2 amide bonds. The smallest absolute Gasteiger partial charge is 0.257 e. The molecular weight excluding hydrogens is 394 g/mol. The number of hydrogen-bond donors (Lipinski definition) is 1. The Balaban J connectivity index is 1.62. The van der Waals surface area contributed by atoms with Crippen molar-refractivity contribution in [3.05, 3.63) is 59.5 Å². The fraction of sp³-hybridized carbons (Fsp3) is 0.391. The number of aromatic nitrogens is 3. The standard InChI is InChI=1S/C23H27N5O3/c1-15(2)11-24-22(29)18-10-20(26-19-7-5-4-6-17(18)19)21-14-28(8-9-31-21)23(30)16-12-25-27(3)13-16/h4-7,10,12-13,15,21H,8-9,11,14H2,1-3H3,(H,24,29). The SMILES string of the molecule is CC(C)CNC(=O)c1cc(C2CN(C(=O)c3cnn(C)c3)CCO2)nc2ccccc12. The Bertz CT molecular complexity index is 1110. The van der Waals surface area contributed by atoms with Gasteiger partial charge in [-0.2, -0.15) is 5.10 Å². The van der Waals surface area contributed by atoms with Gasteiger partial charge in [-0.15, -0.1) is 0 Å². The number of amides is 2. The molecule has 1 N–H and O–H groups in total. The molecule has 1 unspecified atom stereocenters. The number of benzene rings is 1. The number of aryl methyl sites for hydroxylation is 1. The van der Waals surface area contributed by atoms with E-state index in [1.165, 1.54) is 0 Å². The molecule has 162 valence electrons. The van der Waals surface area contributed by atoms with Crippen LogP contribution in [0.15, 0.2) is 42.7 Å². The molecule has 3 aromatic rings. The Hall–Kier alpha value is -3.26. The van der Waals surface area contributed by atoms with Crippen LogP contribution in [0.3, 0.4) is 0 Å². The third-order valence-electron chi connectivity index (χ3n) is 5.29. The number of morpholine rings is 1. The van der Waals surface area contributed by atoms with Gasteiger partial charge in [-0.1, -0.05) is 32.0 Å². The van der Waals surface area contributed by atoms with Crippen LogP contribution in [0.1, 0.15) is 46.4 Å². The maximum absolute atomic E-state index is 12.9. The Morgan fingerprint density at radius 2 is 2.10 bits per heavy atom. The Kier molecular flexibility index (Phi) is 5.99. The number of hydrogen-bond acceptors (Lipinski definition) is 5. The summed E-state index contributed by atoms with van der Waals surface area (Å²) in [7, 11) is 1.78. The highest BCUT2D eigenvalue weighted by atomic mass is 16.5. The van der Waals surface area contributed by atoms with Crippen LogP contribution in [0.2, 0.25) is 0 Å². The normalized spacial score (nSPS) is 16.6. The summed E-state index contributed by atoms with van der Waals surface area (Å²) in [6, 6.07) is 9.37. The van der Waals surface area contributed by atoms with Gasteiger partial charge in [0.1, 0.15) is 6.10 Å². The lowest BCUT2D eigenvalue weighted by atomic mass is 10.0. The van der Waals surface area contributed by atoms with Crippen LogP contribution in [0.4, 0.5) is 0 Å². The molecule has 2 aromatic heterocycles. The van der Waals surface area contributed by atoms with Crippen molar-refractivity contribution in [1.82, 2.24) is 25.0 Å². The van der Waals surface area contributed by atoms with Gasteiger partial charge in [0, 0.05) is 31.7 Å². The number of ether oxygens (including phenoxy) is 1. The molecule has 1 aliphatic heterocycles. The zero-order valence-corrected chi connectivity index (χ0v) is 18.0. The van der Waals surface area contributed by atoms with Crippen molar-refractivity contribution in [2.45, 2.75) is 20.0 Å². The van der Waals surface area contributed by atoms with E-state index in [9.17, 15) is 9.59 Å². The van der Waals surface area contributed by atoms with Crippen LogP contribution in [0.25, 0.3) is 10.9 Å². The zero-order chi connectivity index (χ0) is 22.0. The average molecular weight is 422 g/mol. The minimum absolute atomic E-state index is 0.0860. The van der Waals surface area contributed by atoms with Gasteiger partial charge in [0.05, 0.1) is 41.7 Å².